The molecule has 0 aliphatic rings. The Morgan fingerprint density at radius 3 is 2.75 bits per heavy atom. The summed E-state index contributed by atoms with van der Waals surface area (Å²) in [5.74, 6) is -0.424. The number of anilines is 1. The fraction of sp³-hybridized carbons (Fsp3) is 0.222. The van der Waals surface area contributed by atoms with Gasteiger partial charge in [0.25, 0.3) is 11.6 Å². The highest BCUT2D eigenvalue weighted by Gasteiger charge is 2.18. The van der Waals surface area contributed by atoms with Crippen LogP contribution in [0, 0.1) is 10.1 Å². The smallest absolute Gasteiger partial charge is 0.294 e. The SMILES string of the molecule is CCNC(=O)c1cc(Cl)c(N)c([N+](=O)[O-])c1. The molecule has 6 nitrogen and oxygen atoms in total. The van der Waals surface area contributed by atoms with E-state index in [9.17, 15) is 14.9 Å². The number of nitro groups is 1. The number of halogens is 1. The summed E-state index contributed by atoms with van der Waals surface area (Å²) in [5, 5.41) is 13.2. The monoisotopic (exact) mass is 243 g/mol. The Bertz CT molecular complexity index is 448. The second kappa shape index (κ2) is 4.80. The molecule has 1 aromatic rings. The van der Waals surface area contributed by atoms with E-state index in [1.165, 1.54) is 6.07 Å². The molecule has 0 heterocycles. The number of carbonyl (C=O) groups is 1. The van der Waals surface area contributed by atoms with Gasteiger partial charge in [0, 0.05) is 18.2 Å². The van der Waals surface area contributed by atoms with Gasteiger partial charge in [-0.1, -0.05) is 11.6 Å². The van der Waals surface area contributed by atoms with E-state index >= 15 is 0 Å². The number of amides is 1. The average molecular weight is 244 g/mol. The number of carbonyl (C=O) groups excluding carboxylic acids is 1. The highest BCUT2D eigenvalue weighted by Crippen LogP contribution is 2.30. The molecule has 16 heavy (non-hydrogen) atoms. The molecule has 1 rings (SSSR count). The zero-order valence-corrected chi connectivity index (χ0v) is 9.25. The summed E-state index contributed by atoms with van der Waals surface area (Å²) in [4.78, 5) is 21.4. The second-order valence-electron chi connectivity index (χ2n) is 3.01. The summed E-state index contributed by atoms with van der Waals surface area (Å²) in [7, 11) is 0. The van der Waals surface area contributed by atoms with Crippen molar-refractivity contribution < 1.29 is 9.72 Å². The Hall–Kier alpha value is -1.82. The third-order valence-electron chi connectivity index (χ3n) is 1.90. The maximum atomic E-state index is 11.4. The molecule has 0 aliphatic heterocycles. The average Bonchev–Trinajstić information content (AvgIpc) is 2.21. The first-order valence-electron chi connectivity index (χ1n) is 4.49. The van der Waals surface area contributed by atoms with Crippen molar-refractivity contribution in [2.45, 2.75) is 6.92 Å². The Kier molecular flexibility index (Phi) is 3.68. The van der Waals surface area contributed by atoms with Gasteiger partial charge >= 0.3 is 0 Å². The molecule has 3 N–H and O–H groups in total. The fourth-order valence-electron chi connectivity index (χ4n) is 1.15. The van der Waals surface area contributed by atoms with Crippen molar-refractivity contribution >= 4 is 28.9 Å². The van der Waals surface area contributed by atoms with Crippen LogP contribution in [0.5, 0.6) is 0 Å². The number of hydrogen-bond donors (Lipinski definition) is 2. The number of nitrogens with zero attached hydrogens (tertiary/aromatic N) is 1. The van der Waals surface area contributed by atoms with Crippen LogP contribution in [0.2, 0.25) is 5.02 Å². The van der Waals surface area contributed by atoms with Crippen LogP contribution in [0.1, 0.15) is 17.3 Å². The minimum absolute atomic E-state index is 0.00421. The normalized spacial score (nSPS) is 9.88. The topological polar surface area (TPSA) is 98.3 Å². The van der Waals surface area contributed by atoms with Gasteiger partial charge in [-0.05, 0) is 13.0 Å². The van der Waals surface area contributed by atoms with E-state index in [1.54, 1.807) is 6.92 Å². The molecule has 0 fully saturated rings. The van der Waals surface area contributed by atoms with Crippen LogP contribution in [0.25, 0.3) is 0 Å². The molecule has 86 valence electrons. The zero-order chi connectivity index (χ0) is 12.3. The number of nitro benzene ring substituents is 1. The van der Waals surface area contributed by atoms with E-state index in [0.717, 1.165) is 6.07 Å². The van der Waals surface area contributed by atoms with Gasteiger partial charge in [0.05, 0.1) is 9.95 Å². The van der Waals surface area contributed by atoms with Crippen molar-refractivity contribution in [2.24, 2.45) is 0 Å². The Morgan fingerprint density at radius 1 is 1.62 bits per heavy atom. The van der Waals surface area contributed by atoms with E-state index in [-0.39, 0.29) is 22.0 Å². The predicted molar refractivity (Wildman–Crippen MR) is 60.5 cm³/mol. The van der Waals surface area contributed by atoms with Gasteiger partial charge < -0.3 is 11.1 Å². The molecule has 0 aromatic heterocycles. The second-order valence-corrected chi connectivity index (χ2v) is 3.41. The largest absolute Gasteiger partial charge is 0.392 e. The lowest BCUT2D eigenvalue weighted by Gasteiger charge is -2.05. The van der Waals surface area contributed by atoms with Gasteiger partial charge in [0.15, 0.2) is 0 Å². The molecule has 0 unspecified atom stereocenters. The van der Waals surface area contributed by atoms with E-state index in [2.05, 4.69) is 5.32 Å². The maximum Gasteiger partial charge on any atom is 0.294 e. The van der Waals surface area contributed by atoms with E-state index in [1.807, 2.05) is 0 Å². The van der Waals surface area contributed by atoms with Crippen LogP contribution in [-0.2, 0) is 0 Å². The summed E-state index contributed by atoms with van der Waals surface area (Å²) in [5.41, 5.74) is 5.03. The number of nitrogen functional groups attached to an aromatic ring is 1. The van der Waals surface area contributed by atoms with Crippen molar-refractivity contribution in [3.05, 3.63) is 32.8 Å². The maximum absolute atomic E-state index is 11.4. The molecule has 1 amide bonds. The van der Waals surface area contributed by atoms with E-state index in [4.69, 9.17) is 17.3 Å². The molecule has 0 saturated carbocycles. The summed E-state index contributed by atoms with van der Waals surface area (Å²) in [6, 6.07) is 2.40. The van der Waals surface area contributed by atoms with Gasteiger partial charge in [-0.15, -0.1) is 0 Å². The third-order valence-corrected chi connectivity index (χ3v) is 2.22. The number of benzene rings is 1. The first-order valence-corrected chi connectivity index (χ1v) is 4.86. The molecule has 0 radical (unpaired) electrons. The highest BCUT2D eigenvalue weighted by molar-refractivity contribution is 6.34. The fourth-order valence-corrected chi connectivity index (χ4v) is 1.36. The molecular formula is C9H10ClN3O3. The molecule has 0 spiro atoms. The highest BCUT2D eigenvalue weighted by atomic mass is 35.5. The third kappa shape index (κ3) is 2.40. The van der Waals surface area contributed by atoms with Crippen molar-refractivity contribution in [3.63, 3.8) is 0 Å². The lowest BCUT2D eigenvalue weighted by Crippen LogP contribution is -2.22. The van der Waals surface area contributed by atoms with Crippen LogP contribution >= 0.6 is 11.6 Å². The molecule has 7 heteroatoms. The number of hydrogen-bond acceptors (Lipinski definition) is 4. The number of rotatable bonds is 3. The van der Waals surface area contributed by atoms with Crippen molar-refractivity contribution in [3.8, 4) is 0 Å². The van der Waals surface area contributed by atoms with Gasteiger partial charge in [0.2, 0.25) is 0 Å². The summed E-state index contributed by atoms with van der Waals surface area (Å²) in [6.07, 6.45) is 0. The van der Waals surface area contributed by atoms with E-state index in [0.29, 0.717) is 6.54 Å². The van der Waals surface area contributed by atoms with Crippen molar-refractivity contribution in [2.75, 3.05) is 12.3 Å². The van der Waals surface area contributed by atoms with Crippen LogP contribution in [0.4, 0.5) is 11.4 Å². The first-order chi connectivity index (χ1) is 7.47. The zero-order valence-electron chi connectivity index (χ0n) is 8.49. The summed E-state index contributed by atoms with van der Waals surface area (Å²) < 4.78 is 0. The lowest BCUT2D eigenvalue weighted by atomic mass is 10.1. The molecule has 0 saturated heterocycles. The van der Waals surface area contributed by atoms with Gasteiger partial charge in [-0.3, -0.25) is 14.9 Å². The van der Waals surface area contributed by atoms with Crippen LogP contribution in [-0.4, -0.2) is 17.4 Å². The Balaban J connectivity index is 3.24. The first kappa shape index (κ1) is 12.3. The standard InChI is InChI=1S/C9H10ClN3O3/c1-2-12-9(14)5-3-6(10)8(11)7(4-5)13(15)16/h3-4H,2,11H2,1H3,(H,12,14). The Morgan fingerprint density at radius 2 is 2.25 bits per heavy atom. The number of nitrogens with two attached hydrogens (primary N) is 1. The van der Waals surface area contributed by atoms with Crippen LogP contribution < -0.4 is 11.1 Å². The molecule has 1 aromatic carbocycles. The van der Waals surface area contributed by atoms with Crippen LogP contribution in [0.3, 0.4) is 0 Å². The van der Waals surface area contributed by atoms with E-state index < -0.39 is 10.8 Å². The predicted octanol–water partition coefficient (Wildman–Crippen LogP) is 1.58. The number of nitrogens with one attached hydrogen (secondary N) is 1. The van der Waals surface area contributed by atoms with Crippen molar-refractivity contribution in [1.29, 1.82) is 0 Å². The summed E-state index contributed by atoms with van der Waals surface area (Å²) in [6.45, 7) is 2.17. The van der Waals surface area contributed by atoms with Crippen molar-refractivity contribution in [1.82, 2.24) is 5.32 Å². The van der Waals surface area contributed by atoms with Gasteiger partial charge in [-0.25, -0.2) is 0 Å². The minimum atomic E-state index is -0.677. The molecule has 0 atom stereocenters. The van der Waals surface area contributed by atoms with Crippen LogP contribution in [0.15, 0.2) is 12.1 Å². The molecule has 0 bridgehead atoms. The Labute approximate surface area is 96.5 Å². The van der Waals surface area contributed by atoms with Gasteiger partial charge in [-0.2, -0.15) is 0 Å². The minimum Gasteiger partial charge on any atom is -0.392 e. The quantitative estimate of drug-likeness (QED) is 0.478. The lowest BCUT2D eigenvalue weighted by molar-refractivity contribution is -0.383. The molecular weight excluding hydrogens is 234 g/mol. The van der Waals surface area contributed by atoms with Gasteiger partial charge in [0.1, 0.15) is 5.69 Å². The summed E-state index contributed by atoms with van der Waals surface area (Å²) >= 11 is 5.70. The molecule has 0 aliphatic carbocycles.